The van der Waals surface area contributed by atoms with Gasteiger partial charge >= 0.3 is 6.18 Å². The SMILES string of the molecule is Cc1nc(NCC(F)(F)F)nc(NC2CC(O)C(CNS(C)(=O)=O)C2)c1-c1nc2ccccc2s1. The third-order valence-electron chi connectivity index (χ3n) is 5.65. The average Bonchev–Trinajstić information content (AvgIpc) is 3.32. The molecule has 0 aliphatic heterocycles. The third kappa shape index (κ3) is 6.57. The van der Waals surface area contributed by atoms with Gasteiger partial charge in [0.2, 0.25) is 16.0 Å². The van der Waals surface area contributed by atoms with E-state index in [1.165, 1.54) is 11.3 Å². The van der Waals surface area contributed by atoms with Gasteiger partial charge in [0, 0.05) is 18.5 Å². The Kier molecular flexibility index (Phi) is 7.18. The van der Waals surface area contributed by atoms with Gasteiger partial charge in [0.1, 0.15) is 17.4 Å². The van der Waals surface area contributed by atoms with Crippen LogP contribution in [0.2, 0.25) is 0 Å². The minimum atomic E-state index is -4.44. The molecule has 0 amide bonds. The molecule has 14 heteroatoms. The standard InChI is InChI=1S/C21H25F3N6O3S2/c1-11-17(19-29-14-5-3-4-6-16(14)34-19)18(30-20(27-11)25-10-21(22,23)24)28-13-7-12(15(31)8-13)9-26-35(2,32)33/h3-6,12-13,15,26,31H,7-10H2,1-2H3,(H2,25,27,28,30). The quantitative estimate of drug-likeness (QED) is 0.350. The van der Waals surface area contributed by atoms with Crippen LogP contribution in [-0.4, -0.2) is 66.1 Å². The maximum absolute atomic E-state index is 12.8. The summed E-state index contributed by atoms with van der Waals surface area (Å²) in [6.07, 6.45) is -3.38. The van der Waals surface area contributed by atoms with Crippen molar-refractivity contribution in [3.05, 3.63) is 30.0 Å². The maximum atomic E-state index is 12.8. The summed E-state index contributed by atoms with van der Waals surface area (Å²) in [6, 6.07) is 7.26. The van der Waals surface area contributed by atoms with Crippen LogP contribution >= 0.6 is 11.3 Å². The van der Waals surface area contributed by atoms with Crippen molar-refractivity contribution in [2.75, 3.05) is 30.0 Å². The fourth-order valence-electron chi connectivity index (χ4n) is 4.06. The predicted octanol–water partition coefficient (Wildman–Crippen LogP) is 3.14. The molecule has 0 radical (unpaired) electrons. The van der Waals surface area contributed by atoms with Crippen LogP contribution in [0.25, 0.3) is 20.8 Å². The third-order valence-corrected chi connectivity index (χ3v) is 7.40. The normalized spacial score (nSPS) is 20.9. The number of nitrogens with zero attached hydrogens (tertiary/aromatic N) is 3. The van der Waals surface area contributed by atoms with E-state index in [1.807, 2.05) is 24.3 Å². The number of anilines is 2. The van der Waals surface area contributed by atoms with Gasteiger partial charge in [0.15, 0.2) is 0 Å². The highest BCUT2D eigenvalue weighted by atomic mass is 32.2. The average molecular weight is 531 g/mol. The van der Waals surface area contributed by atoms with Crippen LogP contribution in [0.3, 0.4) is 0 Å². The number of aryl methyl sites for hydroxylation is 1. The van der Waals surface area contributed by atoms with Crippen molar-refractivity contribution in [3.63, 3.8) is 0 Å². The molecule has 1 aliphatic rings. The fraction of sp³-hybridized carbons (Fsp3) is 0.476. The largest absolute Gasteiger partial charge is 0.405 e. The number of hydrogen-bond donors (Lipinski definition) is 4. The second-order valence-corrected chi connectivity index (χ2v) is 11.4. The number of fused-ring (bicyclic) bond motifs is 1. The molecule has 1 aromatic carbocycles. The molecular weight excluding hydrogens is 505 g/mol. The Labute approximate surface area is 204 Å². The van der Waals surface area contributed by atoms with Gasteiger partial charge in [-0.3, -0.25) is 0 Å². The number of benzene rings is 1. The van der Waals surface area contributed by atoms with E-state index in [0.29, 0.717) is 34.9 Å². The Balaban J connectivity index is 1.64. The summed E-state index contributed by atoms with van der Waals surface area (Å²) in [5, 5.41) is 16.5. The molecule has 1 aliphatic carbocycles. The van der Waals surface area contributed by atoms with E-state index < -0.39 is 28.8 Å². The Bertz CT molecular complexity index is 1280. The number of nitrogens with one attached hydrogen (secondary N) is 3. The van der Waals surface area contributed by atoms with E-state index >= 15 is 0 Å². The molecule has 4 N–H and O–H groups in total. The summed E-state index contributed by atoms with van der Waals surface area (Å²) in [4.78, 5) is 13.2. The summed E-state index contributed by atoms with van der Waals surface area (Å²) in [7, 11) is -3.41. The van der Waals surface area contributed by atoms with Crippen LogP contribution in [0.1, 0.15) is 18.5 Å². The van der Waals surface area contributed by atoms with Crippen LogP contribution in [0.5, 0.6) is 0 Å². The molecular formula is C21H25F3N6O3S2. The number of thiazole rings is 1. The van der Waals surface area contributed by atoms with Crippen LogP contribution in [0.4, 0.5) is 24.9 Å². The number of alkyl halides is 3. The fourth-order valence-corrected chi connectivity index (χ4v) is 5.64. The summed E-state index contributed by atoms with van der Waals surface area (Å²) in [6.45, 7) is 0.479. The van der Waals surface area contributed by atoms with Gasteiger partial charge < -0.3 is 15.7 Å². The zero-order valence-electron chi connectivity index (χ0n) is 18.9. The molecule has 2 aromatic heterocycles. The summed E-state index contributed by atoms with van der Waals surface area (Å²) < 4.78 is 64.5. The minimum absolute atomic E-state index is 0.0874. The van der Waals surface area contributed by atoms with E-state index in [9.17, 15) is 26.7 Å². The van der Waals surface area contributed by atoms with E-state index in [4.69, 9.17) is 0 Å². The molecule has 0 bridgehead atoms. The number of para-hydroxylation sites is 1. The highest BCUT2D eigenvalue weighted by molar-refractivity contribution is 7.88. The molecule has 9 nitrogen and oxygen atoms in total. The highest BCUT2D eigenvalue weighted by Crippen LogP contribution is 2.38. The molecule has 3 unspecified atom stereocenters. The zero-order chi connectivity index (χ0) is 25.4. The molecule has 4 rings (SSSR count). The number of aliphatic hydroxyl groups excluding tert-OH is 1. The number of aromatic nitrogens is 3. The lowest BCUT2D eigenvalue weighted by Gasteiger charge is -2.18. The van der Waals surface area contributed by atoms with Gasteiger partial charge in [-0.25, -0.2) is 23.1 Å². The lowest BCUT2D eigenvalue weighted by molar-refractivity contribution is -0.115. The molecule has 3 atom stereocenters. The minimum Gasteiger partial charge on any atom is -0.393 e. The molecule has 1 fully saturated rings. The number of sulfonamides is 1. The highest BCUT2D eigenvalue weighted by Gasteiger charge is 2.34. The van der Waals surface area contributed by atoms with E-state index in [-0.39, 0.29) is 24.5 Å². The molecule has 35 heavy (non-hydrogen) atoms. The van der Waals surface area contributed by atoms with Crippen molar-refractivity contribution in [3.8, 4) is 10.6 Å². The second kappa shape index (κ2) is 9.84. The van der Waals surface area contributed by atoms with Gasteiger partial charge in [0.25, 0.3) is 0 Å². The lowest BCUT2D eigenvalue weighted by atomic mass is 10.1. The van der Waals surface area contributed by atoms with E-state index in [0.717, 1.165) is 16.5 Å². The lowest BCUT2D eigenvalue weighted by Crippen LogP contribution is -2.31. The monoisotopic (exact) mass is 530 g/mol. The van der Waals surface area contributed by atoms with Crippen molar-refractivity contribution in [1.82, 2.24) is 19.7 Å². The molecule has 2 heterocycles. The molecule has 190 valence electrons. The van der Waals surface area contributed by atoms with E-state index in [2.05, 4.69) is 30.3 Å². The van der Waals surface area contributed by atoms with Crippen LogP contribution < -0.4 is 15.4 Å². The second-order valence-electron chi connectivity index (χ2n) is 8.57. The first-order valence-electron chi connectivity index (χ1n) is 10.8. The van der Waals surface area contributed by atoms with Crippen LogP contribution in [0, 0.1) is 12.8 Å². The maximum Gasteiger partial charge on any atom is 0.405 e. The van der Waals surface area contributed by atoms with Crippen molar-refractivity contribution in [2.45, 2.75) is 38.1 Å². The molecule has 0 saturated heterocycles. The predicted molar refractivity (Wildman–Crippen MR) is 129 cm³/mol. The summed E-state index contributed by atoms with van der Waals surface area (Å²) in [5.41, 5.74) is 1.79. The smallest absolute Gasteiger partial charge is 0.393 e. The van der Waals surface area contributed by atoms with Crippen LogP contribution in [-0.2, 0) is 10.0 Å². The topological polar surface area (TPSA) is 129 Å². The number of aliphatic hydroxyl groups is 1. The van der Waals surface area contributed by atoms with Gasteiger partial charge in [0.05, 0.1) is 33.8 Å². The Hall–Kier alpha value is -2.55. The first-order chi connectivity index (χ1) is 16.4. The number of hydrogen-bond acceptors (Lipinski definition) is 9. The number of halogens is 3. The Morgan fingerprint density at radius 3 is 2.60 bits per heavy atom. The van der Waals surface area contributed by atoms with Crippen LogP contribution in [0.15, 0.2) is 24.3 Å². The van der Waals surface area contributed by atoms with Crippen molar-refractivity contribution in [1.29, 1.82) is 0 Å². The Morgan fingerprint density at radius 1 is 1.17 bits per heavy atom. The Morgan fingerprint density at radius 2 is 1.91 bits per heavy atom. The van der Waals surface area contributed by atoms with Crippen molar-refractivity contribution >= 4 is 43.3 Å². The number of rotatable bonds is 8. The first kappa shape index (κ1) is 25.5. The van der Waals surface area contributed by atoms with Gasteiger partial charge in [-0.15, -0.1) is 11.3 Å². The molecule has 0 spiro atoms. The summed E-state index contributed by atoms with van der Waals surface area (Å²) >= 11 is 1.41. The van der Waals surface area contributed by atoms with Gasteiger partial charge in [-0.1, -0.05) is 12.1 Å². The van der Waals surface area contributed by atoms with Crippen molar-refractivity contribution in [2.24, 2.45) is 5.92 Å². The zero-order valence-corrected chi connectivity index (χ0v) is 20.6. The first-order valence-corrected chi connectivity index (χ1v) is 13.5. The van der Waals surface area contributed by atoms with E-state index in [1.54, 1.807) is 6.92 Å². The van der Waals surface area contributed by atoms with Crippen molar-refractivity contribution < 1.29 is 26.7 Å². The van der Waals surface area contributed by atoms with Gasteiger partial charge in [-0.05, 0) is 31.9 Å². The molecule has 1 saturated carbocycles. The van der Waals surface area contributed by atoms with Gasteiger partial charge in [-0.2, -0.15) is 18.2 Å². The summed E-state index contributed by atoms with van der Waals surface area (Å²) in [5.74, 6) is -0.199. The molecule has 3 aromatic rings.